The maximum atomic E-state index is 11.7. The van der Waals surface area contributed by atoms with Crippen molar-refractivity contribution in [3.05, 3.63) is 22.7 Å². The Morgan fingerprint density at radius 2 is 2.24 bits per heavy atom. The molecule has 92 valence electrons. The van der Waals surface area contributed by atoms with Gasteiger partial charge in [0.05, 0.1) is 17.9 Å². The highest BCUT2D eigenvalue weighted by atomic mass is 79.9. The van der Waals surface area contributed by atoms with Gasteiger partial charge in [0, 0.05) is 16.6 Å². The second kappa shape index (κ2) is 4.31. The van der Waals surface area contributed by atoms with Crippen LogP contribution in [0.25, 0.3) is 0 Å². The van der Waals surface area contributed by atoms with Crippen LogP contribution in [0.3, 0.4) is 0 Å². The van der Waals surface area contributed by atoms with E-state index in [1.54, 1.807) is 0 Å². The third kappa shape index (κ3) is 2.30. The predicted molar refractivity (Wildman–Crippen MR) is 73.3 cm³/mol. The lowest BCUT2D eigenvalue weighted by Gasteiger charge is -2.42. The van der Waals surface area contributed by atoms with Crippen molar-refractivity contribution in [2.45, 2.75) is 19.4 Å². The van der Waals surface area contributed by atoms with Crippen molar-refractivity contribution >= 4 is 33.2 Å². The number of carbonyl (C=O) groups is 1. The Balaban J connectivity index is 2.50. The van der Waals surface area contributed by atoms with Gasteiger partial charge >= 0.3 is 0 Å². The van der Waals surface area contributed by atoms with Crippen LogP contribution in [-0.4, -0.2) is 24.5 Å². The third-order valence-electron chi connectivity index (χ3n) is 3.06. The minimum Gasteiger partial charge on any atom is -0.354 e. The van der Waals surface area contributed by atoms with Crippen molar-refractivity contribution < 1.29 is 4.79 Å². The largest absolute Gasteiger partial charge is 0.354 e. The van der Waals surface area contributed by atoms with Crippen LogP contribution in [0.2, 0.25) is 0 Å². The average molecular weight is 298 g/mol. The predicted octanol–water partition coefficient (Wildman–Crippen LogP) is 1.94. The number of nitrogens with one attached hydrogen (secondary N) is 1. The van der Waals surface area contributed by atoms with Gasteiger partial charge < -0.3 is 16.0 Å². The number of rotatable bonds is 2. The van der Waals surface area contributed by atoms with E-state index < -0.39 is 0 Å². The zero-order valence-electron chi connectivity index (χ0n) is 9.96. The monoisotopic (exact) mass is 297 g/mol. The fourth-order valence-corrected chi connectivity index (χ4v) is 2.25. The SMILES string of the molecule is CC(C)(CN)N1CC(=O)Nc2ccc(Br)cc21. The third-order valence-corrected chi connectivity index (χ3v) is 3.55. The lowest BCUT2D eigenvalue weighted by molar-refractivity contribution is -0.115. The number of nitrogens with zero attached hydrogens (tertiary/aromatic N) is 1. The van der Waals surface area contributed by atoms with Crippen molar-refractivity contribution in [3.63, 3.8) is 0 Å². The summed E-state index contributed by atoms with van der Waals surface area (Å²) >= 11 is 3.45. The summed E-state index contributed by atoms with van der Waals surface area (Å²) < 4.78 is 0.991. The Morgan fingerprint density at radius 1 is 1.53 bits per heavy atom. The summed E-state index contributed by atoms with van der Waals surface area (Å²) in [7, 11) is 0. The lowest BCUT2D eigenvalue weighted by atomic mass is 10.00. The molecule has 0 fully saturated rings. The first-order valence-electron chi connectivity index (χ1n) is 5.51. The number of fused-ring (bicyclic) bond motifs is 1. The highest BCUT2D eigenvalue weighted by Gasteiger charge is 2.32. The minimum absolute atomic E-state index is 0.00125. The number of halogens is 1. The van der Waals surface area contributed by atoms with Crippen molar-refractivity contribution in [3.8, 4) is 0 Å². The van der Waals surface area contributed by atoms with Crippen LogP contribution in [0.15, 0.2) is 22.7 Å². The minimum atomic E-state index is -0.243. The molecule has 0 saturated carbocycles. The molecule has 17 heavy (non-hydrogen) atoms. The van der Waals surface area contributed by atoms with Gasteiger partial charge in [-0.3, -0.25) is 4.79 Å². The standard InChI is InChI=1S/C12H16BrN3O/c1-12(2,7-14)16-6-11(17)15-9-4-3-8(13)5-10(9)16/h3-5H,6-7,14H2,1-2H3,(H,15,17). The molecule has 1 aromatic carbocycles. The summed E-state index contributed by atoms with van der Waals surface area (Å²) in [5.74, 6) is 0.00125. The number of amides is 1. The molecule has 1 heterocycles. The number of nitrogens with two attached hydrogens (primary N) is 1. The highest BCUT2D eigenvalue weighted by molar-refractivity contribution is 9.10. The molecule has 1 aromatic rings. The maximum absolute atomic E-state index is 11.7. The number of anilines is 2. The zero-order chi connectivity index (χ0) is 12.6. The molecular weight excluding hydrogens is 282 g/mol. The molecule has 0 saturated heterocycles. The molecule has 0 aromatic heterocycles. The molecule has 0 spiro atoms. The Bertz CT molecular complexity index is 459. The normalized spacial score (nSPS) is 15.5. The van der Waals surface area contributed by atoms with E-state index in [1.807, 2.05) is 36.9 Å². The smallest absolute Gasteiger partial charge is 0.243 e. The van der Waals surface area contributed by atoms with E-state index in [9.17, 15) is 4.79 Å². The molecular formula is C12H16BrN3O. The quantitative estimate of drug-likeness (QED) is 0.877. The Kier molecular flexibility index (Phi) is 3.14. The summed E-state index contributed by atoms with van der Waals surface area (Å²) in [5, 5.41) is 2.87. The van der Waals surface area contributed by atoms with E-state index in [1.165, 1.54) is 0 Å². The first kappa shape index (κ1) is 12.4. The van der Waals surface area contributed by atoms with Gasteiger partial charge in [-0.1, -0.05) is 15.9 Å². The number of hydrogen-bond donors (Lipinski definition) is 2. The van der Waals surface area contributed by atoms with E-state index in [2.05, 4.69) is 21.2 Å². The molecule has 5 heteroatoms. The van der Waals surface area contributed by atoms with Crippen molar-refractivity contribution in [2.24, 2.45) is 5.73 Å². The Hall–Kier alpha value is -1.07. The summed E-state index contributed by atoms with van der Waals surface area (Å²) in [6.45, 7) is 4.91. The number of carbonyl (C=O) groups excluding carboxylic acids is 1. The van der Waals surface area contributed by atoms with Crippen molar-refractivity contribution in [2.75, 3.05) is 23.3 Å². The fraction of sp³-hybridized carbons (Fsp3) is 0.417. The molecule has 1 amide bonds. The van der Waals surface area contributed by atoms with E-state index in [0.717, 1.165) is 15.8 Å². The van der Waals surface area contributed by atoms with Crippen LogP contribution in [0, 0.1) is 0 Å². The van der Waals surface area contributed by atoms with Gasteiger partial charge in [-0.05, 0) is 32.0 Å². The van der Waals surface area contributed by atoms with E-state index in [0.29, 0.717) is 13.1 Å². The molecule has 3 N–H and O–H groups in total. The van der Waals surface area contributed by atoms with E-state index in [-0.39, 0.29) is 11.4 Å². The molecule has 0 aliphatic carbocycles. The van der Waals surface area contributed by atoms with Crippen LogP contribution < -0.4 is 16.0 Å². The topological polar surface area (TPSA) is 58.4 Å². The van der Waals surface area contributed by atoms with Crippen molar-refractivity contribution in [1.29, 1.82) is 0 Å². The molecule has 0 atom stereocenters. The van der Waals surface area contributed by atoms with Gasteiger partial charge in [0.1, 0.15) is 0 Å². The first-order valence-corrected chi connectivity index (χ1v) is 6.30. The lowest BCUT2D eigenvalue weighted by Crippen LogP contribution is -2.54. The maximum Gasteiger partial charge on any atom is 0.243 e. The number of hydrogen-bond acceptors (Lipinski definition) is 3. The van der Waals surface area contributed by atoms with Crippen LogP contribution >= 0.6 is 15.9 Å². The average Bonchev–Trinajstić information content (AvgIpc) is 2.28. The van der Waals surface area contributed by atoms with Crippen LogP contribution in [0.1, 0.15) is 13.8 Å². The van der Waals surface area contributed by atoms with Gasteiger partial charge in [-0.25, -0.2) is 0 Å². The Morgan fingerprint density at radius 3 is 2.88 bits per heavy atom. The van der Waals surface area contributed by atoms with Gasteiger partial charge in [0.15, 0.2) is 0 Å². The summed E-state index contributed by atoms with van der Waals surface area (Å²) in [4.78, 5) is 13.7. The molecule has 1 aliphatic heterocycles. The first-order chi connectivity index (χ1) is 7.94. The summed E-state index contributed by atoms with van der Waals surface area (Å²) in [6, 6.07) is 5.82. The molecule has 4 nitrogen and oxygen atoms in total. The van der Waals surface area contributed by atoms with Crippen LogP contribution in [0.5, 0.6) is 0 Å². The highest BCUT2D eigenvalue weighted by Crippen LogP contribution is 2.35. The Labute approximate surface area is 109 Å². The molecule has 1 aliphatic rings. The fourth-order valence-electron chi connectivity index (χ4n) is 1.90. The molecule has 2 rings (SSSR count). The summed E-state index contributed by atoms with van der Waals surface area (Å²) in [6.07, 6.45) is 0. The van der Waals surface area contributed by atoms with Crippen LogP contribution in [0.4, 0.5) is 11.4 Å². The summed E-state index contributed by atoms with van der Waals surface area (Å²) in [5.41, 5.74) is 7.40. The second-order valence-corrected chi connectivity index (χ2v) is 5.73. The zero-order valence-corrected chi connectivity index (χ0v) is 11.5. The second-order valence-electron chi connectivity index (χ2n) is 4.81. The van der Waals surface area contributed by atoms with Crippen LogP contribution in [-0.2, 0) is 4.79 Å². The van der Waals surface area contributed by atoms with Gasteiger partial charge in [-0.2, -0.15) is 0 Å². The van der Waals surface area contributed by atoms with E-state index >= 15 is 0 Å². The van der Waals surface area contributed by atoms with Gasteiger partial charge in [-0.15, -0.1) is 0 Å². The molecule has 0 unspecified atom stereocenters. The van der Waals surface area contributed by atoms with Crippen molar-refractivity contribution in [1.82, 2.24) is 0 Å². The molecule has 0 radical (unpaired) electrons. The van der Waals surface area contributed by atoms with E-state index in [4.69, 9.17) is 5.73 Å². The van der Waals surface area contributed by atoms with Gasteiger partial charge in [0.25, 0.3) is 0 Å². The number of benzene rings is 1. The molecule has 0 bridgehead atoms. The van der Waals surface area contributed by atoms with Gasteiger partial charge in [0.2, 0.25) is 5.91 Å².